The van der Waals surface area contributed by atoms with Gasteiger partial charge in [0, 0.05) is 11.1 Å². The van der Waals surface area contributed by atoms with Crippen molar-refractivity contribution in [2.24, 2.45) is 0 Å². The number of pyridine rings is 1. The van der Waals surface area contributed by atoms with Crippen LogP contribution in [0.5, 0.6) is 0 Å². The van der Waals surface area contributed by atoms with Gasteiger partial charge in [0.15, 0.2) is 0 Å². The third kappa shape index (κ3) is 1.50. The summed E-state index contributed by atoms with van der Waals surface area (Å²) in [6.07, 6.45) is 1.30. The minimum Gasteiger partial charge on any atom is -0.478 e. The number of aryl methyl sites for hydroxylation is 1. The molecule has 5 nitrogen and oxygen atoms in total. The highest BCUT2D eigenvalue weighted by molar-refractivity contribution is 7.18. The molecule has 1 N–H and O–H groups in total. The fourth-order valence-corrected chi connectivity index (χ4v) is 2.72. The number of fused-ring (bicyclic) bond motifs is 2. The quantitative estimate of drug-likeness (QED) is 0.725. The summed E-state index contributed by atoms with van der Waals surface area (Å²) < 4.78 is 1.28. The third-order valence-corrected chi connectivity index (χ3v) is 3.62. The van der Waals surface area contributed by atoms with Crippen LogP contribution in [0.4, 0.5) is 0 Å². The first kappa shape index (κ1) is 10.9. The second-order valence-electron chi connectivity index (χ2n) is 3.94. The Morgan fingerprint density at radius 2 is 2.22 bits per heavy atom. The fraction of sp³-hybridized carbons (Fsp3) is 0.0833. The Hall–Kier alpha value is -2.21. The molecule has 0 radical (unpaired) electrons. The van der Waals surface area contributed by atoms with Crippen molar-refractivity contribution in [1.29, 1.82) is 0 Å². The van der Waals surface area contributed by atoms with Crippen molar-refractivity contribution in [3.8, 4) is 0 Å². The van der Waals surface area contributed by atoms with Gasteiger partial charge in [-0.3, -0.25) is 9.20 Å². The number of rotatable bonds is 1. The fourth-order valence-electron chi connectivity index (χ4n) is 1.85. The Morgan fingerprint density at radius 3 is 2.94 bits per heavy atom. The van der Waals surface area contributed by atoms with Gasteiger partial charge in [0.05, 0.1) is 10.9 Å². The van der Waals surface area contributed by atoms with E-state index in [1.54, 1.807) is 12.1 Å². The van der Waals surface area contributed by atoms with E-state index in [0.29, 0.717) is 15.9 Å². The lowest BCUT2D eigenvalue weighted by molar-refractivity contribution is 0.0696. The molecule has 3 aromatic rings. The third-order valence-electron chi connectivity index (χ3n) is 2.67. The summed E-state index contributed by atoms with van der Waals surface area (Å²) in [6.45, 7) is 1.91. The summed E-state index contributed by atoms with van der Waals surface area (Å²) in [5.74, 6) is -1.06. The average molecular weight is 260 g/mol. The van der Waals surface area contributed by atoms with Crippen LogP contribution in [0.15, 0.2) is 29.2 Å². The zero-order chi connectivity index (χ0) is 12.9. The minimum absolute atomic E-state index is 0.0673. The highest BCUT2D eigenvalue weighted by Gasteiger charge is 2.10. The molecule has 0 aliphatic rings. The number of thiophene rings is 1. The lowest BCUT2D eigenvalue weighted by Crippen LogP contribution is -2.15. The van der Waals surface area contributed by atoms with Crippen molar-refractivity contribution >= 4 is 33.2 Å². The first-order chi connectivity index (χ1) is 8.56. The van der Waals surface area contributed by atoms with E-state index in [1.165, 1.54) is 28.0 Å². The van der Waals surface area contributed by atoms with Crippen LogP contribution in [0.3, 0.4) is 0 Å². The van der Waals surface area contributed by atoms with Crippen molar-refractivity contribution in [3.63, 3.8) is 0 Å². The van der Waals surface area contributed by atoms with E-state index in [1.807, 2.05) is 6.92 Å². The van der Waals surface area contributed by atoms with E-state index in [9.17, 15) is 9.59 Å². The predicted molar refractivity (Wildman–Crippen MR) is 68.5 cm³/mol. The number of hydrogen-bond acceptors (Lipinski definition) is 4. The Balaban J connectivity index is 2.48. The number of hydrogen-bond donors (Lipinski definition) is 1. The normalized spacial score (nSPS) is 11.2. The molecule has 0 fully saturated rings. The van der Waals surface area contributed by atoms with Crippen molar-refractivity contribution < 1.29 is 9.90 Å². The van der Waals surface area contributed by atoms with Gasteiger partial charge in [-0.1, -0.05) is 0 Å². The Bertz CT molecular complexity index is 848. The maximum absolute atomic E-state index is 12.2. The minimum atomic E-state index is -1.06. The Labute approximate surface area is 105 Å². The van der Waals surface area contributed by atoms with E-state index in [2.05, 4.69) is 4.98 Å². The molecule has 0 aromatic carbocycles. The van der Waals surface area contributed by atoms with Gasteiger partial charge in [-0.05, 0) is 25.1 Å². The number of carbonyl (C=O) groups is 1. The summed E-state index contributed by atoms with van der Waals surface area (Å²) in [5.41, 5.74) is 0.291. The molecule has 0 spiro atoms. The van der Waals surface area contributed by atoms with Crippen LogP contribution in [0.2, 0.25) is 0 Å². The number of aromatic carboxylic acids is 1. The monoisotopic (exact) mass is 260 g/mol. The van der Waals surface area contributed by atoms with E-state index < -0.39 is 5.97 Å². The number of nitrogens with zero attached hydrogens (tertiary/aromatic N) is 2. The maximum atomic E-state index is 12.2. The second kappa shape index (κ2) is 3.64. The van der Waals surface area contributed by atoms with Gasteiger partial charge in [-0.25, -0.2) is 9.78 Å². The molecule has 0 saturated heterocycles. The molecule has 0 atom stereocenters. The Morgan fingerprint density at radius 1 is 1.44 bits per heavy atom. The van der Waals surface area contributed by atoms with Gasteiger partial charge in [0.2, 0.25) is 0 Å². The van der Waals surface area contributed by atoms with Crippen LogP contribution >= 0.6 is 11.3 Å². The molecule has 3 rings (SSSR count). The molecule has 3 heterocycles. The molecular formula is C12H8N2O3S. The SMILES string of the molecule is Cc1cc2c(=O)n3cc(C(=O)O)ccc3nc2s1. The molecule has 0 aliphatic heterocycles. The highest BCUT2D eigenvalue weighted by Crippen LogP contribution is 2.20. The maximum Gasteiger partial charge on any atom is 0.337 e. The van der Waals surface area contributed by atoms with E-state index in [0.717, 1.165) is 4.88 Å². The van der Waals surface area contributed by atoms with E-state index in [4.69, 9.17) is 5.11 Å². The highest BCUT2D eigenvalue weighted by atomic mass is 32.1. The largest absolute Gasteiger partial charge is 0.478 e. The molecule has 6 heteroatoms. The average Bonchev–Trinajstić information content (AvgIpc) is 2.70. The van der Waals surface area contributed by atoms with Gasteiger partial charge in [0.25, 0.3) is 5.56 Å². The standard InChI is InChI=1S/C12H8N2O3S/c1-6-4-8-10(18-6)13-9-3-2-7(12(16)17)5-14(9)11(8)15/h2-5H,1H3,(H,16,17). The van der Waals surface area contributed by atoms with Crippen LogP contribution in [0, 0.1) is 6.92 Å². The van der Waals surface area contributed by atoms with Crippen LogP contribution in [-0.4, -0.2) is 20.5 Å². The summed E-state index contributed by atoms with van der Waals surface area (Å²) in [7, 11) is 0. The molecule has 0 bridgehead atoms. The molecule has 90 valence electrons. The summed E-state index contributed by atoms with van der Waals surface area (Å²) in [4.78, 5) is 29.1. The molecule has 0 aliphatic carbocycles. The van der Waals surface area contributed by atoms with E-state index >= 15 is 0 Å². The van der Waals surface area contributed by atoms with Crippen molar-refractivity contribution in [3.05, 3.63) is 45.2 Å². The number of aromatic nitrogens is 2. The molecule has 0 amide bonds. The first-order valence-electron chi connectivity index (χ1n) is 5.22. The molecule has 3 aromatic heterocycles. The van der Waals surface area contributed by atoms with Gasteiger partial charge < -0.3 is 5.11 Å². The lowest BCUT2D eigenvalue weighted by Gasteiger charge is -2.01. The Kier molecular flexibility index (Phi) is 2.21. The van der Waals surface area contributed by atoms with Crippen LogP contribution in [0.25, 0.3) is 15.9 Å². The van der Waals surface area contributed by atoms with Crippen molar-refractivity contribution in [2.75, 3.05) is 0 Å². The molecule has 18 heavy (non-hydrogen) atoms. The van der Waals surface area contributed by atoms with Crippen LogP contribution in [0.1, 0.15) is 15.2 Å². The van der Waals surface area contributed by atoms with Crippen molar-refractivity contribution in [1.82, 2.24) is 9.38 Å². The topological polar surface area (TPSA) is 71.7 Å². The van der Waals surface area contributed by atoms with E-state index in [-0.39, 0.29) is 11.1 Å². The molecular weight excluding hydrogens is 252 g/mol. The number of carboxylic acid groups (broad SMARTS) is 1. The van der Waals surface area contributed by atoms with Gasteiger partial charge in [-0.15, -0.1) is 11.3 Å². The predicted octanol–water partition coefficient (Wildman–Crippen LogP) is 1.92. The van der Waals surface area contributed by atoms with Crippen LogP contribution < -0.4 is 5.56 Å². The number of carboxylic acids is 1. The summed E-state index contributed by atoms with van der Waals surface area (Å²) in [6, 6.07) is 4.75. The molecule has 0 unspecified atom stereocenters. The van der Waals surface area contributed by atoms with Gasteiger partial charge in [0.1, 0.15) is 10.5 Å². The van der Waals surface area contributed by atoms with Gasteiger partial charge >= 0.3 is 5.97 Å². The van der Waals surface area contributed by atoms with Crippen molar-refractivity contribution in [2.45, 2.75) is 6.92 Å². The molecule has 0 saturated carbocycles. The van der Waals surface area contributed by atoms with Gasteiger partial charge in [-0.2, -0.15) is 0 Å². The lowest BCUT2D eigenvalue weighted by atomic mass is 10.3. The van der Waals surface area contributed by atoms with Crippen LogP contribution in [-0.2, 0) is 0 Å². The summed E-state index contributed by atoms with van der Waals surface area (Å²) in [5, 5.41) is 9.44. The summed E-state index contributed by atoms with van der Waals surface area (Å²) >= 11 is 1.45. The smallest absolute Gasteiger partial charge is 0.337 e. The zero-order valence-electron chi connectivity index (χ0n) is 9.38. The first-order valence-corrected chi connectivity index (χ1v) is 6.04. The second-order valence-corrected chi connectivity index (χ2v) is 5.18. The zero-order valence-corrected chi connectivity index (χ0v) is 10.2.